The van der Waals surface area contributed by atoms with Crippen LogP contribution in [0.4, 0.5) is 4.79 Å². The summed E-state index contributed by atoms with van der Waals surface area (Å²) < 4.78 is 28.9. The van der Waals surface area contributed by atoms with Gasteiger partial charge >= 0.3 is 6.03 Å². The van der Waals surface area contributed by atoms with Crippen LogP contribution in [-0.2, 0) is 14.3 Å². The summed E-state index contributed by atoms with van der Waals surface area (Å²) >= 11 is 0. The van der Waals surface area contributed by atoms with Gasteiger partial charge in [-0.25, -0.2) is 4.79 Å². The fourth-order valence-electron chi connectivity index (χ4n) is 6.54. The van der Waals surface area contributed by atoms with Gasteiger partial charge in [-0.05, 0) is 54.9 Å². The van der Waals surface area contributed by atoms with Gasteiger partial charge in [0.1, 0.15) is 0 Å². The Hall–Kier alpha value is -0.860. The lowest BCUT2D eigenvalue weighted by molar-refractivity contribution is -0.115. The number of nitrogens with one attached hydrogen (secondary N) is 1. The molecule has 0 aromatic rings. The molecule has 2 saturated carbocycles. The summed E-state index contributed by atoms with van der Waals surface area (Å²) in [4.78, 5) is 17.2. The number of carbonyl (C=O) groups excluding carboxylic acids is 1. The molecule has 30 heavy (non-hydrogen) atoms. The van der Waals surface area contributed by atoms with Gasteiger partial charge in [0.25, 0.3) is 10.1 Å². The van der Waals surface area contributed by atoms with Gasteiger partial charge in [0.05, 0.1) is 12.9 Å². The average molecular weight is 444 g/mol. The highest BCUT2D eigenvalue weighted by Crippen LogP contribution is 2.61. The number of likely N-dealkylation sites (N-methyl/N-ethyl adjacent to an activating group) is 1. The summed E-state index contributed by atoms with van der Waals surface area (Å²) in [5.74, 6) is 0.655. The van der Waals surface area contributed by atoms with Crippen LogP contribution >= 0.6 is 0 Å². The maximum absolute atomic E-state index is 13.0. The summed E-state index contributed by atoms with van der Waals surface area (Å²) in [5, 5.41) is 3.33. The minimum absolute atomic E-state index is 0.0138. The molecule has 8 heteroatoms. The molecule has 0 spiro atoms. The molecule has 2 aliphatic carbocycles. The van der Waals surface area contributed by atoms with Crippen molar-refractivity contribution in [3.8, 4) is 0 Å². The number of rotatable bonds is 4. The molecule has 0 bridgehead atoms. The van der Waals surface area contributed by atoms with Crippen molar-refractivity contribution >= 4 is 16.1 Å². The van der Waals surface area contributed by atoms with Crippen molar-refractivity contribution in [1.29, 1.82) is 0 Å². The maximum Gasteiger partial charge on any atom is 0.317 e. The Kier molecular flexibility index (Phi) is 6.81. The summed E-state index contributed by atoms with van der Waals surface area (Å²) in [6, 6.07) is 0.0423. The number of hydrogen-bond acceptors (Lipinski definition) is 5. The van der Waals surface area contributed by atoms with Gasteiger partial charge in [-0.15, -0.1) is 0 Å². The SMILES string of the molecule is CC1C(NC(=O)N2CCN(C)CC2)CC2C(C)(C)CCCC2(C)C1COS(C)(=O)=O. The molecule has 0 radical (unpaired) electrons. The molecule has 7 nitrogen and oxygen atoms in total. The Bertz CT molecular complexity index is 733. The third-order valence-corrected chi connectivity index (χ3v) is 9.01. The third-order valence-electron chi connectivity index (χ3n) is 8.44. The van der Waals surface area contributed by atoms with Gasteiger partial charge in [0.2, 0.25) is 0 Å². The molecule has 5 unspecified atom stereocenters. The smallest absolute Gasteiger partial charge is 0.317 e. The van der Waals surface area contributed by atoms with Gasteiger partial charge in [0, 0.05) is 32.2 Å². The normalized spacial score (nSPS) is 37.5. The fourth-order valence-corrected chi connectivity index (χ4v) is 6.93. The Morgan fingerprint density at radius 1 is 1.13 bits per heavy atom. The molecule has 3 rings (SSSR count). The first-order chi connectivity index (χ1) is 13.8. The second-order valence-corrected chi connectivity index (χ2v) is 12.6. The molecule has 3 aliphatic rings. The van der Waals surface area contributed by atoms with Gasteiger partial charge < -0.3 is 15.1 Å². The van der Waals surface area contributed by atoms with Gasteiger partial charge in [-0.1, -0.05) is 34.1 Å². The highest BCUT2D eigenvalue weighted by molar-refractivity contribution is 7.85. The highest BCUT2D eigenvalue weighted by atomic mass is 32.2. The standard InChI is InChI=1S/C22H41N3O4S/c1-16-17(15-29-30(6,27)28)22(4)9-7-8-21(2,3)19(22)14-18(16)23-20(26)25-12-10-24(5)11-13-25/h16-19H,7-15H2,1-6H3,(H,23,26). The molecule has 1 aliphatic heterocycles. The molecular formula is C22H41N3O4S. The first-order valence-corrected chi connectivity index (χ1v) is 13.2. The van der Waals surface area contributed by atoms with Crippen LogP contribution in [0.3, 0.4) is 0 Å². The molecule has 0 aromatic heterocycles. The molecule has 1 N–H and O–H groups in total. The fraction of sp³-hybridized carbons (Fsp3) is 0.955. The second-order valence-electron chi connectivity index (χ2n) is 10.9. The number of piperazine rings is 1. The Labute approximate surface area is 183 Å². The quantitative estimate of drug-likeness (QED) is 0.676. The predicted molar refractivity (Wildman–Crippen MR) is 119 cm³/mol. The zero-order valence-electron chi connectivity index (χ0n) is 19.6. The van der Waals surface area contributed by atoms with Crippen LogP contribution in [-0.4, -0.2) is 76.4 Å². The molecule has 0 aromatic carbocycles. The summed E-state index contributed by atoms with van der Waals surface area (Å²) in [6.07, 6.45) is 5.47. The number of nitrogens with zero attached hydrogens (tertiary/aromatic N) is 2. The van der Waals surface area contributed by atoms with Crippen LogP contribution in [0.2, 0.25) is 0 Å². The van der Waals surface area contributed by atoms with E-state index in [4.69, 9.17) is 4.18 Å². The second kappa shape index (κ2) is 8.58. The minimum Gasteiger partial charge on any atom is -0.335 e. The van der Waals surface area contributed by atoms with Gasteiger partial charge in [-0.3, -0.25) is 4.18 Å². The van der Waals surface area contributed by atoms with Crippen molar-refractivity contribution in [2.75, 3.05) is 46.1 Å². The van der Waals surface area contributed by atoms with E-state index in [0.29, 0.717) is 5.92 Å². The predicted octanol–water partition coefficient (Wildman–Crippen LogP) is 2.78. The van der Waals surface area contributed by atoms with Crippen molar-refractivity contribution in [3.05, 3.63) is 0 Å². The maximum atomic E-state index is 13.0. The monoisotopic (exact) mass is 443 g/mol. The van der Waals surface area contributed by atoms with E-state index >= 15 is 0 Å². The van der Waals surface area contributed by atoms with Gasteiger partial charge in [0.15, 0.2) is 0 Å². The number of urea groups is 1. The molecule has 1 saturated heterocycles. The van der Waals surface area contributed by atoms with Crippen molar-refractivity contribution in [3.63, 3.8) is 0 Å². The van der Waals surface area contributed by atoms with Crippen LogP contribution in [0.15, 0.2) is 0 Å². The Balaban J connectivity index is 1.81. The van der Waals surface area contributed by atoms with Crippen LogP contribution in [0.1, 0.15) is 53.4 Å². The minimum atomic E-state index is -3.50. The molecular weight excluding hydrogens is 402 g/mol. The van der Waals surface area contributed by atoms with E-state index in [0.717, 1.165) is 51.7 Å². The number of amides is 2. The lowest BCUT2D eigenvalue weighted by Crippen LogP contribution is -2.61. The largest absolute Gasteiger partial charge is 0.335 e. The van der Waals surface area contributed by atoms with E-state index in [1.54, 1.807) is 0 Å². The van der Waals surface area contributed by atoms with Crippen LogP contribution in [0, 0.1) is 28.6 Å². The van der Waals surface area contributed by atoms with E-state index < -0.39 is 10.1 Å². The van der Waals surface area contributed by atoms with Crippen molar-refractivity contribution in [1.82, 2.24) is 15.1 Å². The van der Waals surface area contributed by atoms with E-state index in [1.165, 1.54) is 6.42 Å². The van der Waals surface area contributed by atoms with Crippen LogP contribution in [0.5, 0.6) is 0 Å². The van der Waals surface area contributed by atoms with Crippen molar-refractivity contribution < 1.29 is 17.4 Å². The Morgan fingerprint density at radius 2 is 1.77 bits per heavy atom. The zero-order valence-corrected chi connectivity index (χ0v) is 20.4. The third kappa shape index (κ3) is 4.96. The first-order valence-electron chi connectivity index (χ1n) is 11.4. The zero-order chi connectivity index (χ0) is 22.3. The van der Waals surface area contributed by atoms with E-state index in [-0.39, 0.29) is 41.3 Å². The van der Waals surface area contributed by atoms with Crippen molar-refractivity contribution in [2.24, 2.45) is 28.6 Å². The summed E-state index contributed by atoms with van der Waals surface area (Å²) in [6.45, 7) is 12.6. The number of fused-ring (bicyclic) bond motifs is 1. The lowest BCUT2D eigenvalue weighted by atomic mass is 9.46. The van der Waals surface area contributed by atoms with Gasteiger partial charge in [-0.2, -0.15) is 8.42 Å². The molecule has 5 atom stereocenters. The van der Waals surface area contributed by atoms with Crippen LogP contribution < -0.4 is 5.32 Å². The number of hydrogen-bond donors (Lipinski definition) is 1. The average Bonchev–Trinajstić information content (AvgIpc) is 2.62. The molecule has 2 amide bonds. The Morgan fingerprint density at radius 3 is 2.37 bits per heavy atom. The molecule has 174 valence electrons. The molecule has 3 fully saturated rings. The molecule has 1 heterocycles. The van der Waals surface area contributed by atoms with E-state index in [2.05, 4.69) is 45.0 Å². The van der Waals surface area contributed by atoms with E-state index in [1.807, 2.05) is 4.90 Å². The summed E-state index contributed by atoms with van der Waals surface area (Å²) in [7, 11) is -1.42. The highest BCUT2D eigenvalue weighted by Gasteiger charge is 2.56. The van der Waals surface area contributed by atoms with Crippen molar-refractivity contribution in [2.45, 2.75) is 59.4 Å². The number of carbonyl (C=O) groups is 1. The topological polar surface area (TPSA) is 79.0 Å². The summed E-state index contributed by atoms with van der Waals surface area (Å²) in [5.41, 5.74) is 0.175. The first kappa shape index (κ1) is 23.8. The van der Waals surface area contributed by atoms with Crippen LogP contribution in [0.25, 0.3) is 0 Å². The van der Waals surface area contributed by atoms with E-state index in [9.17, 15) is 13.2 Å². The lowest BCUT2D eigenvalue weighted by Gasteiger charge is -2.60.